The van der Waals surface area contributed by atoms with Crippen LogP contribution >= 0.6 is 0 Å². The number of rotatable bonds is 5. The van der Waals surface area contributed by atoms with E-state index in [9.17, 15) is 13.2 Å². The van der Waals surface area contributed by atoms with Gasteiger partial charge in [0.25, 0.3) is 0 Å². The Kier molecular flexibility index (Phi) is 4.76. The summed E-state index contributed by atoms with van der Waals surface area (Å²) >= 11 is 0. The Morgan fingerprint density at radius 2 is 2.12 bits per heavy atom. The first-order chi connectivity index (χ1) is 11.5. The van der Waals surface area contributed by atoms with Gasteiger partial charge in [0, 0.05) is 18.4 Å². The molecule has 2 aromatic rings. The van der Waals surface area contributed by atoms with Gasteiger partial charge in [-0.3, -0.25) is 4.79 Å². The molecule has 24 heavy (non-hydrogen) atoms. The van der Waals surface area contributed by atoms with Gasteiger partial charge in [0.15, 0.2) is 9.84 Å². The van der Waals surface area contributed by atoms with E-state index >= 15 is 0 Å². The molecule has 1 aliphatic rings. The van der Waals surface area contributed by atoms with Gasteiger partial charge in [0.1, 0.15) is 0 Å². The van der Waals surface area contributed by atoms with Crippen LogP contribution in [0.3, 0.4) is 0 Å². The summed E-state index contributed by atoms with van der Waals surface area (Å²) in [4.78, 5) is 18.1. The smallest absolute Gasteiger partial charge is 0.227 e. The lowest BCUT2D eigenvalue weighted by molar-refractivity contribution is -0.131. The van der Waals surface area contributed by atoms with Gasteiger partial charge < -0.3 is 9.88 Å². The van der Waals surface area contributed by atoms with Crippen LogP contribution in [0.5, 0.6) is 0 Å². The minimum Gasteiger partial charge on any atom is -0.363 e. The Bertz CT molecular complexity index is 813. The van der Waals surface area contributed by atoms with Crippen LogP contribution in [0.15, 0.2) is 47.5 Å². The van der Waals surface area contributed by atoms with Crippen molar-refractivity contribution in [3.63, 3.8) is 0 Å². The van der Waals surface area contributed by atoms with E-state index in [0.717, 1.165) is 30.6 Å². The Labute approximate surface area is 142 Å². The number of hydrogen-bond acceptors (Lipinski definition) is 3. The molecule has 1 fully saturated rings. The SMILES string of the molecule is CCS(=O)(=O)c1cccc(CC(=O)N2CCC[C@@H]2c2ccc[nH]2)c1. The predicted molar refractivity (Wildman–Crippen MR) is 92.4 cm³/mol. The zero-order valence-electron chi connectivity index (χ0n) is 13.7. The van der Waals surface area contributed by atoms with Crippen molar-refractivity contribution < 1.29 is 13.2 Å². The van der Waals surface area contributed by atoms with Crippen molar-refractivity contribution in [2.45, 2.75) is 37.1 Å². The van der Waals surface area contributed by atoms with Gasteiger partial charge >= 0.3 is 0 Å². The molecular formula is C18H22N2O3S. The highest BCUT2D eigenvalue weighted by Gasteiger charge is 2.30. The highest BCUT2D eigenvalue weighted by molar-refractivity contribution is 7.91. The molecule has 2 heterocycles. The first-order valence-corrected chi connectivity index (χ1v) is 9.91. The number of nitrogens with zero attached hydrogens (tertiary/aromatic N) is 1. The van der Waals surface area contributed by atoms with Crippen LogP contribution in [0, 0.1) is 0 Å². The van der Waals surface area contributed by atoms with Gasteiger partial charge in [0.2, 0.25) is 5.91 Å². The Balaban J connectivity index is 1.76. The summed E-state index contributed by atoms with van der Waals surface area (Å²) in [5.74, 6) is 0.101. The molecule has 0 saturated carbocycles. The summed E-state index contributed by atoms with van der Waals surface area (Å²) in [5, 5.41) is 0. The van der Waals surface area contributed by atoms with Crippen LogP contribution in [0.1, 0.15) is 37.1 Å². The third-order valence-corrected chi connectivity index (χ3v) is 6.28. The van der Waals surface area contributed by atoms with Gasteiger partial charge in [-0.25, -0.2) is 8.42 Å². The van der Waals surface area contributed by atoms with Crippen molar-refractivity contribution >= 4 is 15.7 Å². The molecule has 1 atom stereocenters. The molecule has 3 rings (SSSR count). The van der Waals surface area contributed by atoms with Gasteiger partial charge in [-0.15, -0.1) is 0 Å². The highest BCUT2D eigenvalue weighted by Crippen LogP contribution is 2.31. The number of likely N-dealkylation sites (tertiary alicyclic amines) is 1. The second-order valence-corrected chi connectivity index (χ2v) is 8.38. The third kappa shape index (κ3) is 3.38. The standard InChI is InChI=1S/C18H22N2O3S/c1-2-24(22,23)15-7-3-6-14(12-15)13-18(21)20-11-5-9-17(20)16-8-4-10-19-16/h3-4,6-8,10,12,17,19H,2,5,9,11,13H2,1H3/t17-/m1/s1. The van der Waals surface area contributed by atoms with E-state index in [1.165, 1.54) is 0 Å². The number of amides is 1. The molecule has 0 unspecified atom stereocenters. The van der Waals surface area contributed by atoms with Crippen LogP contribution < -0.4 is 0 Å². The summed E-state index contributed by atoms with van der Waals surface area (Å²) < 4.78 is 24.0. The normalized spacial score (nSPS) is 18.0. The molecule has 1 amide bonds. The van der Waals surface area contributed by atoms with E-state index < -0.39 is 9.84 Å². The molecule has 0 radical (unpaired) electrons. The summed E-state index contributed by atoms with van der Waals surface area (Å²) in [6, 6.07) is 10.8. The summed E-state index contributed by atoms with van der Waals surface area (Å²) in [6.07, 6.45) is 4.04. The lowest BCUT2D eigenvalue weighted by atomic mass is 10.1. The second-order valence-electron chi connectivity index (χ2n) is 6.10. The predicted octanol–water partition coefficient (Wildman–Crippen LogP) is 2.71. The topological polar surface area (TPSA) is 70.2 Å². The van der Waals surface area contributed by atoms with Crippen LogP contribution in [0.25, 0.3) is 0 Å². The van der Waals surface area contributed by atoms with Crippen molar-refractivity contribution in [1.29, 1.82) is 0 Å². The van der Waals surface area contributed by atoms with Gasteiger partial charge in [-0.2, -0.15) is 0 Å². The number of aromatic nitrogens is 1. The molecular weight excluding hydrogens is 324 g/mol. The fourth-order valence-corrected chi connectivity index (χ4v) is 4.18. The Morgan fingerprint density at radius 3 is 2.83 bits per heavy atom. The Morgan fingerprint density at radius 1 is 1.29 bits per heavy atom. The highest BCUT2D eigenvalue weighted by atomic mass is 32.2. The molecule has 0 bridgehead atoms. The monoisotopic (exact) mass is 346 g/mol. The molecule has 128 valence electrons. The van der Waals surface area contributed by atoms with E-state index in [-0.39, 0.29) is 29.0 Å². The van der Waals surface area contributed by atoms with Crippen LogP contribution in [-0.4, -0.2) is 36.5 Å². The average Bonchev–Trinajstić information content (AvgIpc) is 3.26. The molecule has 0 aliphatic carbocycles. The number of aromatic amines is 1. The van der Waals surface area contributed by atoms with E-state index in [1.54, 1.807) is 25.1 Å². The van der Waals surface area contributed by atoms with Crippen molar-refractivity contribution in [3.05, 3.63) is 53.9 Å². The maximum absolute atomic E-state index is 12.7. The number of benzene rings is 1. The number of carbonyl (C=O) groups is 1. The van der Waals surface area contributed by atoms with Gasteiger partial charge in [-0.1, -0.05) is 19.1 Å². The fraction of sp³-hybridized carbons (Fsp3) is 0.389. The summed E-state index contributed by atoms with van der Waals surface area (Å²) in [7, 11) is -3.25. The van der Waals surface area contributed by atoms with E-state index in [2.05, 4.69) is 4.98 Å². The van der Waals surface area contributed by atoms with E-state index in [4.69, 9.17) is 0 Å². The molecule has 6 heteroatoms. The van der Waals surface area contributed by atoms with Crippen LogP contribution in [-0.2, 0) is 21.1 Å². The molecule has 1 aromatic carbocycles. The third-order valence-electron chi connectivity index (χ3n) is 4.55. The van der Waals surface area contributed by atoms with Gasteiger partial charge in [-0.05, 0) is 42.7 Å². The average molecular weight is 346 g/mol. The Hall–Kier alpha value is -2.08. The van der Waals surface area contributed by atoms with Crippen LogP contribution in [0.4, 0.5) is 0 Å². The number of carbonyl (C=O) groups excluding carboxylic acids is 1. The molecule has 0 spiro atoms. The minimum absolute atomic E-state index is 0.0400. The van der Waals surface area contributed by atoms with Crippen molar-refractivity contribution in [2.24, 2.45) is 0 Å². The maximum atomic E-state index is 12.7. The number of nitrogens with one attached hydrogen (secondary N) is 1. The number of sulfone groups is 1. The molecule has 1 aromatic heterocycles. The minimum atomic E-state index is -3.25. The largest absolute Gasteiger partial charge is 0.363 e. The summed E-state index contributed by atoms with van der Waals surface area (Å²) in [5.41, 5.74) is 1.80. The number of H-pyrrole nitrogens is 1. The zero-order valence-corrected chi connectivity index (χ0v) is 14.6. The second kappa shape index (κ2) is 6.81. The van der Waals surface area contributed by atoms with Crippen LogP contribution in [0.2, 0.25) is 0 Å². The molecule has 1 N–H and O–H groups in total. The number of hydrogen-bond donors (Lipinski definition) is 1. The molecule has 1 saturated heterocycles. The zero-order chi connectivity index (χ0) is 17.2. The van der Waals surface area contributed by atoms with Gasteiger partial charge in [0.05, 0.1) is 23.1 Å². The van der Waals surface area contributed by atoms with Crippen molar-refractivity contribution in [2.75, 3.05) is 12.3 Å². The first-order valence-electron chi connectivity index (χ1n) is 8.25. The fourth-order valence-electron chi connectivity index (χ4n) is 3.23. The lowest BCUT2D eigenvalue weighted by Gasteiger charge is -2.24. The van der Waals surface area contributed by atoms with Crippen molar-refractivity contribution in [1.82, 2.24) is 9.88 Å². The lowest BCUT2D eigenvalue weighted by Crippen LogP contribution is -2.32. The quantitative estimate of drug-likeness (QED) is 0.905. The summed E-state index contributed by atoms with van der Waals surface area (Å²) in [6.45, 7) is 2.37. The first kappa shape index (κ1) is 16.8. The van der Waals surface area contributed by atoms with Crippen molar-refractivity contribution in [3.8, 4) is 0 Å². The van der Waals surface area contributed by atoms with E-state index in [0.29, 0.717) is 0 Å². The molecule has 1 aliphatic heterocycles. The van der Waals surface area contributed by atoms with E-state index in [1.807, 2.05) is 29.3 Å². The molecule has 5 nitrogen and oxygen atoms in total. The maximum Gasteiger partial charge on any atom is 0.227 e.